The fourth-order valence-corrected chi connectivity index (χ4v) is 3.30. The van der Waals surface area contributed by atoms with E-state index < -0.39 is 15.1 Å². The van der Waals surface area contributed by atoms with Gasteiger partial charge in [-0.15, -0.1) is 5.10 Å². The summed E-state index contributed by atoms with van der Waals surface area (Å²) in [5, 5.41) is 3.62. The highest BCUT2D eigenvalue weighted by Gasteiger charge is 2.19. The molecule has 22 heavy (non-hydrogen) atoms. The first-order chi connectivity index (χ1) is 10.4. The van der Waals surface area contributed by atoms with Gasteiger partial charge >= 0.3 is 0 Å². The van der Waals surface area contributed by atoms with Crippen LogP contribution in [0.3, 0.4) is 0 Å². The van der Waals surface area contributed by atoms with Gasteiger partial charge in [0.25, 0.3) is 0 Å². The van der Waals surface area contributed by atoms with Gasteiger partial charge in [-0.2, -0.15) is 4.98 Å². The highest BCUT2D eigenvalue weighted by molar-refractivity contribution is 7.92. The second kappa shape index (κ2) is 5.10. The maximum atomic E-state index is 12.2. The Balaban J connectivity index is 2.09. The van der Waals surface area contributed by atoms with Crippen LogP contribution in [-0.4, -0.2) is 28.3 Å². The molecule has 2 heterocycles. The van der Waals surface area contributed by atoms with Crippen molar-refractivity contribution < 1.29 is 8.42 Å². The molecule has 0 spiro atoms. The van der Waals surface area contributed by atoms with Crippen molar-refractivity contribution in [2.45, 2.75) is 24.0 Å². The van der Waals surface area contributed by atoms with Gasteiger partial charge in [0.2, 0.25) is 5.95 Å². The number of hydrogen-bond acceptors (Lipinski definition) is 5. The molecule has 6 nitrogen and oxygen atoms in total. The Bertz CT molecular complexity index is 928. The van der Waals surface area contributed by atoms with E-state index in [2.05, 4.69) is 10.1 Å². The van der Waals surface area contributed by atoms with Gasteiger partial charge in [-0.1, -0.05) is 12.1 Å². The summed E-state index contributed by atoms with van der Waals surface area (Å²) >= 11 is 0. The second-order valence-electron chi connectivity index (χ2n) is 5.28. The number of nitrogens with two attached hydrogens (primary N) is 1. The SMILES string of the molecule is CC(C)S(=O)(=O)c1ccc(-c2cccn3nc(N)nc23)cc1. The molecule has 0 aliphatic carbocycles. The van der Waals surface area contributed by atoms with Crippen LogP contribution in [0.25, 0.3) is 16.8 Å². The van der Waals surface area contributed by atoms with E-state index in [1.807, 2.05) is 12.1 Å². The van der Waals surface area contributed by atoms with Crippen LogP contribution in [0.5, 0.6) is 0 Å². The van der Waals surface area contributed by atoms with Crippen molar-refractivity contribution in [3.63, 3.8) is 0 Å². The molecule has 2 N–H and O–H groups in total. The first-order valence-corrected chi connectivity index (χ1v) is 8.39. The quantitative estimate of drug-likeness (QED) is 0.799. The normalized spacial score (nSPS) is 12.1. The van der Waals surface area contributed by atoms with E-state index in [-0.39, 0.29) is 5.95 Å². The Morgan fingerprint density at radius 1 is 1.14 bits per heavy atom. The summed E-state index contributed by atoms with van der Waals surface area (Å²) in [6, 6.07) is 10.5. The smallest absolute Gasteiger partial charge is 0.240 e. The molecule has 0 aliphatic rings. The van der Waals surface area contributed by atoms with Gasteiger partial charge in [0, 0.05) is 11.8 Å². The topological polar surface area (TPSA) is 90.3 Å². The van der Waals surface area contributed by atoms with Crippen LogP contribution in [0, 0.1) is 0 Å². The van der Waals surface area contributed by atoms with Crippen molar-refractivity contribution in [1.82, 2.24) is 14.6 Å². The molecule has 0 fully saturated rings. The summed E-state index contributed by atoms with van der Waals surface area (Å²) in [6.45, 7) is 3.34. The predicted molar refractivity (Wildman–Crippen MR) is 85.2 cm³/mol. The Kier molecular flexibility index (Phi) is 3.37. The Labute approximate surface area is 128 Å². The number of benzene rings is 1. The number of sulfone groups is 1. The molecule has 3 rings (SSSR count). The van der Waals surface area contributed by atoms with Gasteiger partial charge in [0.1, 0.15) is 0 Å². The van der Waals surface area contributed by atoms with Crippen LogP contribution in [0.1, 0.15) is 13.8 Å². The van der Waals surface area contributed by atoms with Crippen molar-refractivity contribution in [1.29, 1.82) is 0 Å². The molecular weight excluding hydrogens is 300 g/mol. The lowest BCUT2D eigenvalue weighted by atomic mass is 10.1. The number of rotatable bonds is 3. The van der Waals surface area contributed by atoms with E-state index in [1.165, 1.54) is 0 Å². The number of nitrogens with zero attached hydrogens (tertiary/aromatic N) is 3. The van der Waals surface area contributed by atoms with Gasteiger partial charge in [-0.05, 0) is 43.7 Å². The lowest BCUT2D eigenvalue weighted by Crippen LogP contribution is -2.13. The molecule has 0 saturated heterocycles. The summed E-state index contributed by atoms with van der Waals surface area (Å²) in [4.78, 5) is 4.52. The standard InChI is InChI=1S/C15H16N4O2S/c1-10(2)22(20,21)12-7-5-11(6-8-12)13-4-3-9-19-14(13)17-15(16)18-19/h3-10H,1-2H3,(H2,16,18). The first kappa shape index (κ1) is 14.5. The molecule has 0 amide bonds. The second-order valence-corrected chi connectivity index (χ2v) is 7.78. The van der Waals surface area contributed by atoms with E-state index in [4.69, 9.17) is 5.73 Å². The summed E-state index contributed by atoms with van der Waals surface area (Å²) in [5.41, 5.74) is 7.98. The summed E-state index contributed by atoms with van der Waals surface area (Å²) < 4.78 is 25.9. The zero-order valence-electron chi connectivity index (χ0n) is 12.3. The average Bonchev–Trinajstić information content (AvgIpc) is 2.87. The molecule has 0 radical (unpaired) electrons. The van der Waals surface area contributed by atoms with E-state index in [9.17, 15) is 8.42 Å². The lowest BCUT2D eigenvalue weighted by molar-refractivity contribution is 0.587. The maximum absolute atomic E-state index is 12.2. The summed E-state index contributed by atoms with van der Waals surface area (Å²) in [6.07, 6.45) is 1.76. The van der Waals surface area contributed by atoms with Gasteiger partial charge in [-0.25, -0.2) is 12.9 Å². The zero-order valence-corrected chi connectivity index (χ0v) is 13.1. The number of nitrogen functional groups attached to an aromatic ring is 1. The number of fused-ring (bicyclic) bond motifs is 1. The van der Waals surface area contributed by atoms with E-state index in [1.54, 1.807) is 48.8 Å². The van der Waals surface area contributed by atoms with Crippen molar-refractivity contribution in [2.75, 3.05) is 5.73 Å². The van der Waals surface area contributed by atoms with Crippen LogP contribution < -0.4 is 5.73 Å². The van der Waals surface area contributed by atoms with E-state index >= 15 is 0 Å². The van der Waals surface area contributed by atoms with Crippen LogP contribution in [0.15, 0.2) is 47.5 Å². The third kappa shape index (κ3) is 2.33. The fourth-order valence-electron chi connectivity index (χ4n) is 2.24. The Morgan fingerprint density at radius 2 is 1.82 bits per heavy atom. The minimum Gasteiger partial charge on any atom is -0.366 e. The molecule has 0 aliphatic heterocycles. The van der Waals surface area contributed by atoms with Crippen LogP contribution >= 0.6 is 0 Å². The summed E-state index contributed by atoms with van der Waals surface area (Å²) in [5.74, 6) is 0.200. The van der Waals surface area contributed by atoms with E-state index in [0.717, 1.165) is 11.1 Å². The van der Waals surface area contributed by atoms with Crippen LogP contribution in [0.4, 0.5) is 5.95 Å². The molecule has 0 unspecified atom stereocenters. The number of anilines is 1. The van der Waals surface area contributed by atoms with Crippen molar-refractivity contribution >= 4 is 21.4 Å². The molecule has 0 saturated carbocycles. The predicted octanol–water partition coefficient (Wildman–Crippen LogP) is 2.16. The minimum atomic E-state index is -3.27. The molecule has 2 aromatic heterocycles. The summed E-state index contributed by atoms with van der Waals surface area (Å²) in [7, 11) is -3.27. The van der Waals surface area contributed by atoms with E-state index in [0.29, 0.717) is 10.5 Å². The molecule has 0 bridgehead atoms. The van der Waals surface area contributed by atoms with Gasteiger partial charge < -0.3 is 5.73 Å². The van der Waals surface area contributed by atoms with Crippen molar-refractivity contribution in [3.8, 4) is 11.1 Å². The van der Waals surface area contributed by atoms with Gasteiger partial charge in [0.15, 0.2) is 15.5 Å². The largest absolute Gasteiger partial charge is 0.366 e. The molecule has 1 aromatic carbocycles. The zero-order chi connectivity index (χ0) is 15.9. The third-order valence-corrected chi connectivity index (χ3v) is 5.66. The van der Waals surface area contributed by atoms with Crippen molar-refractivity contribution in [3.05, 3.63) is 42.6 Å². The van der Waals surface area contributed by atoms with Gasteiger partial charge in [0.05, 0.1) is 10.1 Å². The van der Waals surface area contributed by atoms with Crippen LogP contribution in [-0.2, 0) is 9.84 Å². The molecule has 3 aromatic rings. The highest BCUT2D eigenvalue weighted by Crippen LogP contribution is 2.26. The Hall–Kier alpha value is -2.41. The molecule has 114 valence electrons. The van der Waals surface area contributed by atoms with Crippen molar-refractivity contribution in [2.24, 2.45) is 0 Å². The number of pyridine rings is 1. The third-order valence-electron chi connectivity index (χ3n) is 3.49. The first-order valence-electron chi connectivity index (χ1n) is 6.85. The highest BCUT2D eigenvalue weighted by atomic mass is 32.2. The molecular formula is C15H16N4O2S. The Morgan fingerprint density at radius 3 is 2.45 bits per heavy atom. The minimum absolute atomic E-state index is 0.200. The van der Waals surface area contributed by atoms with Gasteiger partial charge in [-0.3, -0.25) is 0 Å². The fraction of sp³-hybridized carbons (Fsp3) is 0.200. The lowest BCUT2D eigenvalue weighted by Gasteiger charge is -2.09. The monoisotopic (exact) mass is 316 g/mol. The number of aromatic nitrogens is 3. The maximum Gasteiger partial charge on any atom is 0.240 e. The van der Waals surface area contributed by atoms with Crippen LogP contribution in [0.2, 0.25) is 0 Å². The number of hydrogen-bond donors (Lipinski definition) is 1. The molecule has 0 atom stereocenters. The molecule has 7 heteroatoms. The average molecular weight is 316 g/mol.